The van der Waals surface area contributed by atoms with Crippen molar-refractivity contribution in [1.29, 1.82) is 0 Å². The Hall–Kier alpha value is -4.74. The normalized spacial score (nSPS) is 11.5. The minimum atomic E-state index is -1.29. The minimum absolute atomic E-state index is 0.869. The van der Waals surface area contributed by atoms with Crippen molar-refractivity contribution in [1.82, 2.24) is 19.5 Å². The zero-order valence-corrected chi connectivity index (χ0v) is 21.0. The van der Waals surface area contributed by atoms with Gasteiger partial charge in [0.1, 0.15) is 5.82 Å². The van der Waals surface area contributed by atoms with Gasteiger partial charge in [-0.15, -0.1) is 0 Å². The van der Waals surface area contributed by atoms with E-state index in [2.05, 4.69) is 124 Å². The molecule has 3 aromatic heterocycles. The molecule has 0 fully saturated rings. The van der Waals surface area contributed by atoms with Crippen molar-refractivity contribution in [2.75, 3.05) is 0 Å². The summed E-state index contributed by atoms with van der Waals surface area (Å²) in [6.07, 6.45) is 5.55. The van der Waals surface area contributed by atoms with E-state index in [-0.39, 0.29) is 0 Å². The predicted molar refractivity (Wildman–Crippen MR) is 154 cm³/mol. The minimum Gasteiger partial charge on any atom is -0.345 e. The number of benzene rings is 4. The fraction of sp³-hybridized carbons (Fsp3) is 0. The number of aromatic nitrogens is 4. The highest BCUT2D eigenvalue weighted by Gasteiger charge is 2.23. The number of fused-ring (bicyclic) bond motifs is 3. The maximum absolute atomic E-state index is 4.80. The Labute approximate surface area is 216 Å². The highest BCUT2D eigenvalue weighted by molar-refractivity contribution is 6.95. The molecular formula is C32H23N4Si. The van der Waals surface area contributed by atoms with Gasteiger partial charge < -0.3 is 9.55 Å². The number of H-pyrrole nitrogens is 1. The molecule has 0 bridgehead atoms. The van der Waals surface area contributed by atoms with Gasteiger partial charge in [0.25, 0.3) is 0 Å². The molecule has 7 aromatic rings. The molecule has 7 rings (SSSR count). The fourth-order valence-corrected chi connectivity index (χ4v) is 7.65. The van der Waals surface area contributed by atoms with Gasteiger partial charge in [-0.05, 0) is 46.8 Å². The number of nitrogens with zero attached hydrogens (tertiary/aromatic N) is 3. The van der Waals surface area contributed by atoms with Crippen molar-refractivity contribution >= 4 is 46.3 Å². The summed E-state index contributed by atoms with van der Waals surface area (Å²) < 4.78 is 2.38. The Balaban J connectivity index is 1.48. The van der Waals surface area contributed by atoms with Crippen LogP contribution in [-0.2, 0) is 0 Å². The second-order valence-corrected chi connectivity index (χ2v) is 11.4. The van der Waals surface area contributed by atoms with Crippen LogP contribution in [0.1, 0.15) is 0 Å². The Morgan fingerprint density at radius 3 is 2.27 bits per heavy atom. The van der Waals surface area contributed by atoms with Crippen molar-refractivity contribution in [3.05, 3.63) is 134 Å². The summed E-state index contributed by atoms with van der Waals surface area (Å²) >= 11 is 0. The van der Waals surface area contributed by atoms with Crippen molar-refractivity contribution in [2.45, 2.75) is 0 Å². The van der Waals surface area contributed by atoms with E-state index in [4.69, 9.17) is 4.98 Å². The lowest BCUT2D eigenvalue weighted by molar-refractivity contribution is 1.18. The van der Waals surface area contributed by atoms with E-state index < -0.39 is 8.80 Å². The van der Waals surface area contributed by atoms with E-state index in [1.807, 2.05) is 18.5 Å². The molecule has 0 aliphatic heterocycles. The second kappa shape index (κ2) is 9.04. The van der Waals surface area contributed by atoms with E-state index in [0.29, 0.717) is 0 Å². The highest BCUT2D eigenvalue weighted by atomic mass is 28.3. The lowest BCUT2D eigenvalue weighted by Crippen LogP contribution is -2.53. The van der Waals surface area contributed by atoms with E-state index in [9.17, 15) is 0 Å². The fourth-order valence-electron chi connectivity index (χ4n) is 5.20. The number of para-hydroxylation sites is 1. The van der Waals surface area contributed by atoms with Crippen LogP contribution in [0, 0.1) is 0 Å². The summed E-state index contributed by atoms with van der Waals surface area (Å²) in [6, 6.07) is 41.2. The number of rotatable bonds is 5. The van der Waals surface area contributed by atoms with Gasteiger partial charge in [0.05, 0.1) is 11.0 Å². The van der Waals surface area contributed by atoms with Crippen LogP contribution in [0.3, 0.4) is 0 Å². The van der Waals surface area contributed by atoms with E-state index in [0.717, 1.165) is 22.4 Å². The van der Waals surface area contributed by atoms with Crippen LogP contribution in [0.2, 0.25) is 0 Å². The Morgan fingerprint density at radius 1 is 0.595 bits per heavy atom. The predicted octanol–water partition coefficient (Wildman–Crippen LogP) is 5.09. The molecule has 5 heteroatoms. The van der Waals surface area contributed by atoms with Gasteiger partial charge in [-0.1, -0.05) is 78.9 Å². The van der Waals surface area contributed by atoms with E-state index in [1.54, 1.807) is 6.20 Å². The first-order valence-electron chi connectivity index (χ1n) is 12.3. The Bertz CT molecular complexity index is 1780. The number of nitrogens with one attached hydrogen (secondary N) is 1. The molecule has 3 heterocycles. The molecule has 0 saturated carbocycles. The van der Waals surface area contributed by atoms with E-state index >= 15 is 0 Å². The molecular weight excluding hydrogens is 468 g/mol. The smallest absolute Gasteiger partial charge is 0.179 e. The van der Waals surface area contributed by atoms with Gasteiger partial charge in [-0.3, -0.25) is 4.98 Å². The summed E-state index contributed by atoms with van der Waals surface area (Å²) in [7, 11) is -1.29. The lowest BCUT2D eigenvalue weighted by atomic mass is 10.1. The topological polar surface area (TPSA) is 46.5 Å². The highest BCUT2D eigenvalue weighted by Crippen LogP contribution is 2.32. The largest absolute Gasteiger partial charge is 0.345 e. The quantitative estimate of drug-likeness (QED) is 0.341. The zero-order valence-electron chi connectivity index (χ0n) is 20.0. The number of aromatic amines is 1. The summed E-state index contributed by atoms with van der Waals surface area (Å²) in [5.74, 6) is 0.869. The van der Waals surface area contributed by atoms with Gasteiger partial charge in [-0.25, -0.2) is 4.98 Å². The van der Waals surface area contributed by atoms with Gasteiger partial charge in [-0.2, -0.15) is 0 Å². The summed E-state index contributed by atoms with van der Waals surface area (Å²) in [5, 5.41) is 6.28. The van der Waals surface area contributed by atoms with Gasteiger partial charge in [0.15, 0.2) is 8.80 Å². The first-order chi connectivity index (χ1) is 18.4. The van der Waals surface area contributed by atoms with Crippen molar-refractivity contribution in [3.8, 4) is 17.1 Å². The maximum Gasteiger partial charge on any atom is 0.179 e. The van der Waals surface area contributed by atoms with Crippen LogP contribution in [0.5, 0.6) is 0 Å². The summed E-state index contributed by atoms with van der Waals surface area (Å²) in [6.45, 7) is 0. The average molecular weight is 492 g/mol. The van der Waals surface area contributed by atoms with E-state index in [1.165, 1.54) is 32.2 Å². The molecule has 1 N–H and O–H groups in total. The Morgan fingerprint density at radius 2 is 1.43 bits per heavy atom. The van der Waals surface area contributed by atoms with Gasteiger partial charge in [0.2, 0.25) is 0 Å². The van der Waals surface area contributed by atoms with Crippen LogP contribution in [0.15, 0.2) is 134 Å². The first kappa shape index (κ1) is 21.5. The Kier molecular flexibility index (Phi) is 5.26. The first-order valence-corrected chi connectivity index (χ1v) is 13.8. The third-order valence-corrected chi connectivity index (χ3v) is 9.43. The molecule has 175 valence electrons. The molecule has 37 heavy (non-hydrogen) atoms. The monoisotopic (exact) mass is 491 g/mol. The molecule has 4 nitrogen and oxygen atoms in total. The van der Waals surface area contributed by atoms with Gasteiger partial charge in [0, 0.05) is 45.9 Å². The molecule has 0 saturated heterocycles. The summed E-state index contributed by atoms with van der Waals surface area (Å²) in [4.78, 5) is 12.5. The molecule has 0 spiro atoms. The molecule has 0 aliphatic rings. The third kappa shape index (κ3) is 3.77. The molecule has 0 aliphatic carbocycles. The molecule has 4 aromatic carbocycles. The van der Waals surface area contributed by atoms with Crippen LogP contribution in [0.25, 0.3) is 38.9 Å². The molecule has 0 unspecified atom stereocenters. The van der Waals surface area contributed by atoms with Crippen LogP contribution < -0.4 is 15.7 Å². The standard InChI is InChI=1S/C32H23N4Si/c1-2-11-25(12-3-1)37(31-15-6-7-18-33-31)26-16-17-28-27-13-4-5-14-29(27)36(30(28)22-26)24-10-8-9-23(21-24)32-34-19-20-35-32/h1-22H,(H,34,35). The molecule has 0 amide bonds. The van der Waals surface area contributed by atoms with Crippen molar-refractivity contribution < 1.29 is 0 Å². The van der Waals surface area contributed by atoms with Crippen LogP contribution in [-0.4, -0.2) is 28.3 Å². The van der Waals surface area contributed by atoms with Crippen molar-refractivity contribution in [2.24, 2.45) is 0 Å². The number of imidazole rings is 1. The molecule has 0 atom stereocenters. The number of pyridine rings is 1. The average Bonchev–Trinajstić information content (AvgIpc) is 3.61. The maximum atomic E-state index is 4.80. The number of hydrogen-bond donors (Lipinski definition) is 1. The second-order valence-electron chi connectivity index (χ2n) is 9.03. The third-order valence-electron chi connectivity index (χ3n) is 6.82. The molecule has 1 radical (unpaired) electrons. The van der Waals surface area contributed by atoms with Crippen molar-refractivity contribution in [3.63, 3.8) is 0 Å². The van der Waals surface area contributed by atoms with Crippen LogP contribution in [0.4, 0.5) is 0 Å². The SMILES string of the molecule is c1ccc([Si](c2ccc3c4ccccc4n(-c4cccc(-c5ncc[nH]5)c4)c3c2)c2ccccn2)cc1. The zero-order chi connectivity index (χ0) is 24.6. The van der Waals surface area contributed by atoms with Gasteiger partial charge >= 0.3 is 0 Å². The summed E-state index contributed by atoms with van der Waals surface area (Å²) in [5.41, 5.74) is 4.57. The number of hydrogen-bond acceptors (Lipinski definition) is 2. The van der Waals surface area contributed by atoms with Crippen LogP contribution >= 0.6 is 0 Å². The lowest BCUT2D eigenvalue weighted by Gasteiger charge is -2.16.